The molecule has 0 spiro atoms. The maximum Gasteiger partial charge on any atom is 0.335 e. The van der Waals surface area contributed by atoms with Crippen LogP contribution < -0.4 is 0 Å². The Kier molecular flexibility index (Phi) is 3.49. The van der Waals surface area contributed by atoms with Gasteiger partial charge in [-0.25, -0.2) is 4.79 Å². The van der Waals surface area contributed by atoms with Gasteiger partial charge < -0.3 is 9.84 Å². The number of aliphatic hydroxyl groups excluding tert-OH is 1. The predicted octanol–water partition coefficient (Wildman–Crippen LogP) is -0.456. The van der Waals surface area contributed by atoms with Crippen LogP contribution in [0.3, 0.4) is 0 Å². The van der Waals surface area contributed by atoms with E-state index in [4.69, 9.17) is 11.5 Å². The molecular formula is C6H8O3. The van der Waals surface area contributed by atoms with Crippen molar-refractivity contribution in [2.75, 3.05) is 7.11 Å². The molecule has 0 saturated heterocycles. The average Bonchev–Trinajstić information content (AvgIpc) is 1.87. The fourth-order valence-corrected chi connectivity index (χ4v) is 0.331. The Bertz CT molecular complexity index is 134. The van der Waals surface area contributed by atoms with Crippen molar-refractivity contribution < 1.29 is 14.6 Å². The molecule has 0 saturated carbocycles. The molecule has 0 unspecified atom stereocenters. The molecular weight excluding hydrogens is 120 g/mol. The van der Waals surface area contributed by atoms with E-state index in [1.54, 1.807) is 0 Å². The molecule has 50 valence electrons. The highest BCUT2D eigenvalue weighted by atomic mass is 16.5. The van der Waals surface area contributed by atoms with Crippen LogP contribution in [0.15, 0.2) is 0 Å². The summed E-state index contributed by atoms with van der Waals surface area (Å²) in [4.78, 5) is 10.3. The Balaban J connectivity index is 3.62. The summed E-state index contributed by atoms with van der Waals surface area (Å²) in [5.41, 5.74) is 0. The number of esters is 1. The number of carbonyl (C=O) groups is 1. The van der Waals surface area contributed by atoms with Gasteiger partial charge in [-0.3, -0.25) is 0 Å². The van der Waals surface area contributed by atoms with Crippen molar-refractivity contribution in [1.82, 2.24) is 0 Å². The fourth-order valence-electron chi connectivity index (χ4n) is 0.331. The highest BCUT2D eigenvalue weighted by Gasteiger charge is 2.12. The molecule has 0 fully saturated rings. The second kappa shape index (κ2) is 3.93. The number of hydrogen-bond donors (Lipinski definition) is 1. The van der Waals surface area contributed by atoms with Gasteiger partial charge in [0.2, 0.25) is 0 Å². The van der Waals surface area contributed by atoms with Gasteiger partial charge in [0.05, 0.1) is 7.11 Å². The van der Waals surface area contributed by atoms with Gasteiger partial charge in [-0.1, -0.05) is 0 Å². The largest absolute Gasteiger partial charge is 0.467 e. The summed E-state index contributed by atoms with van der Waals surface area (Å²) >= 11 is 0. The molecule has 0 aliphatic heterocycles. The van der Waals surface area contributed by atoms with Crippen molar-refractivity contribution in [3.05, 3.63) is 0 Å². The topological polar surface area (TPSA) is 46.5 Å². The summed E-state index contributed by atoms with van der Waals surface area (Å²) in [7, 11) is 1.20. The van der Waals surface area contributed by atoms with Crippen LogP contribution in [0.4, 0.5) is 0 Å². The number of terminal acetylenes is 1. The van der Waals surface area contributed by atoms with E-state index in [-0.39, 0.29) is 6.42 Å². The third kappa shape index (κ3) is 2.73. The highest BCUT2D eigenvalue weighted by molar-refractivity contribution is 5.74. The van der Waals surface area contributed by atoms with Gasteiger partial charge >= 0.3 is 5.97 Å². The van der Waals surface area contributed by atoms with Crippen LogP contribution in [0.5, 0.6) is 0 Å². The first-order chi connectivity index (χ1) is 4.22. The van der Waals surface area contributed by atoms with Crippen LogP contribution >= 0.6 is 0 Å². The Hall–Kier alpha value is -1.01. The lowest BCUT2D eigenvalue weighted by atomic mass is 10.3. The predicted molar refractivity (Wildman–Crippen MR) is 31.5 cm³/mol. The van der Waals surface area contributed by atoms with Gasteiger partial charge in [-0.05, 0) is 0 Å². The summed E-state index contributed by atoms with van der Waals surface area (Å²) in [5, 5.41) is 8.70. The molecule has 1 N–H and O–H groups in total. The van der Waals surface area contributed by atoms with E-state index in [9.17, 15) is 4.79 Å². The zero-order chi connectivity index (χ0) is 7.28. The third-order valence-corrected chi connectivity index (χ3v) is 0.784. The number of methoxy groups -OCH3 is 1. The SMILES string of the molecule is C#CC[C@@H](O)C(=O)OC. The molecule has 0 aromatic carbocycles. The summed E-state index contributed by atoms with van der Waals surface area (Å²) in [5.74, 6) is 1.44. The van der Waals surface area contributed by atoms with Crippen molar-refractivity contribution in [1.29, 1.82) is 0 Å². The second-order valence-corrected chi connectivity index (χ2v) is 1.45. The van der Waals surface area contributed by atoms with E-state index in [0.29, 0.717) is 0 Å². The maximum absolute atomic E-state index is 10.3. The molecule has 0 aromatic rings. The Morgan fingerprint density at radius 2 is 2.56 bits per heavy atom. The molecule has 0 amide bonds. The van der Waals surface area contributed by atoms with Gasteiger partial charge in [-0.2, -0.15) is 0 Å². The van der Waals surface area contributed by atoms with Gasteiger partial charge in [0.1, 0.15) is 0 Å². The molecule has 0 bridgehead atoms. The van der Waals surface area contributed by atoms with Crippen LogP contribution in [-0.2, 0) is 9.53 Å². The number of ether oxygens (including phenoxy) is 1. The summed E-state index contributed by atoms with van der Waals surface area (Å²) < 4.78 is 4.18. The normalized spacial score (nSPS) is 11.7. The Morgan fingerprint density at radius 1 is 2.00 bits per heavy atom. The smallest absolute Gasteiger partial charge is 0.335 e. The van der Waals surface area contributed by atoms with Crippen molar-refractivity contribution >= 4 is 5.97 Å². The lowest BCUT2D eigenvalue weighted by Gasteiger charge is -2.01. The third-order valence-electron chi connectivity index (χ3n) is 0.784. The molecule has 0 rings (SSSR count). The van der Waals surface area contributed by atoms with Crippen LogP contribution in [0, 0.1) is 12.3 Å². The van der Waals surface area contributed by atoms with E-state index in [1.807, 2.05) is 0 Å². The van der Waals surface area contributed by atoms with Crippen LogP contribution in [0.2, 0.25) is 0 Å². The van der Waals surface area contributed by atoms with Crippen molar-refractivity contribution in [3.63, 3.8) is 0 Å². The molecule has 0 radical (unpaired) electrons. The molecule has 0 aliphatic carbocycles. The first-order valence-corrected chi connectivity index (χ1v) is 2.41. The first-order valence-electron chi connectivity index (χ1n) is 2.41. The molecule has 0 heterocycles. The van der Waals surface area contributed by atoms with Crippen LogP contribution in [0.1, 0.15) is 6.42 Å². The lowest BCUT2D eigenvalue weighted by molar-refractivity contribution is -0.150. The standard InChI is InChI=1S/C6H8O3/c1-3-4-5(7)6(8)9-2/h1,5,7H,4H2,2H3/t5-/m1/s1. The fraction of sp³-hybridized carbons (Fsp3) is 0.500. The van der Waals surface area contributed by atoms with E-state index in [2.05, 4.69) is 10.7 Å². The minimum Gasteiger partial charge on any atom is -0.467 e. The maximum atomic E-state index is 10.3. The van der Waals surface area contributed by atoms with Gasteiger partial charge in [0.25, 0.3) is 0 Å². The summed E-state index contributed by atoms with van der Waals surface area (Å²) in [6.07, 6.45) is 3.64. The molecule has 0 aromatic heterocycles. The molecule has 9 heavy (non-hydrogen) atoms. The molecule has 1 atom stereocenters. The van der Waals surface area contributed by atoms with Gasteiger partial charge in [0.15, 0.2) is 6.10 Å². The minimum atomic E-state index is -1.17. The average molecular weight is 128 g/mol. The molecule has 3 heteroatoms. The van der Waals surface area contributed by atoms with Crippen molar-refractivity contribution in [2.45, 2.75) is 12.5 Å². The second-order valence-electron chi connectivity index (χ2n) is 1.45. The summed E-state index contributed by atoms with van der Waals surface area (Å²) in [6, 6.07) is 0. The number of aliphatic hydroxyl groups is 1. The van der Waals surface area contributed by atoms with Crippen molar-refractivity contribution in [3.8, 4) is 12.3 Å². The van der Waals surface area contributed by atoms with Gasteiger partial charge in [-0.15, -0.1) is 12.3 Å². The van der Waals surface area contributed by atoms with E-state index < -0.39 is 12.1 Å². The zero-order valence-corrected chi connectivity index (χ0v) is 5.13. The monoisotopic (exact) mass is 128 g/mol. The summed E-state index contributed by atoms with van der Waals surface area (Å²) in [6.45, 7) is 0. The Morgan fingerprint density at radius 3 is 2.89 bits per heavy atom. The number of hydrogen-bond acceptors (Lipinski definition) is 3. The lowest BCUT2D eigenvalue weighted by Crippen LogP contribution is -2.20. The van der Waals surface area contributed by atoms with Gasteiger partial charge in [0, 0.05) is 6.42 Å². The molecule has 0 aliphatic rings. The first kappa shape index (κ1) is 7.99. The highest BCUT2D eigenvalue weighted by Crippen LogP contribution is 1.90. The zero-order valence-electron chi connectivity index (χ0n) is 5.13. The number of rotatable bonds is 2. The number of carbonyl (C=O) groups excluding carboxylic acids is 1. The van der Waals surface area contributed by atoms with E-state index in [1.165, 1.54) is 7.11 Å². The Labute approximate surface area is 53.6 Å². The van der Waals surface area contributed by atoms with Crippen LogP contribution in [0.25, 0.3) is 0 Å². The quantitative estimate of drug-likeness (QED) is 0.404. The van der Waals surface area contributed by atoms with Crippen LogP contribution in [-0.4, -0.2) is 24.3 Å². The minimum absolute atomic E-state index is 0.00662. The van der Waals surface area contributed by atoms with E-state index >= 15 is 0 Å². The molecule has 3 nitrogen and oxygen atoms in total. The van der Waals surface area contributed by atoms with Crippen molar-refractivity contribution in [2.24, 2.45) is 0 Å². The van der Waals surface area contributed by atoms with E-state index in [0.717, 1.165) is 0 Å².